The number of alkyl halides is 1. The molecule has 0 aliphatic rings. The minimum absolute atomic E-state index is 0.221. The molecule has 0 aliphatic heterocycles. The maximum absolute atomic E-state index is 13.4. The van der Waals surface area contributed by atoms with Gasteiger partial charge in [-0.3, -0.25) is 0 Å². The quantitative estimate of drug-likeness (QED) is 0.808. The van der Waals surface area contributed by atoms with Crippen molar-refractivity contribution in [3.63, 3.8) is 0 Å². The van der Waals surface area contributed by atoms with E-state index in [4.69, 9.17) is 5.73 Å². The smallest absolute Gasteiger partial charge is 0.150 e. The van der Waals surface area contributed by atoms with E-state index in [0.717, 1.165) is 0 Å². The number of aromatic nitrogens is 2. The lowest BCUT2D eigenvalue weighted by molar-refractivity contribution is 0.212. The van der Waals surface area contributed by atoms with Gasteiger partial charge in [-0.1, -0.05) is 0 Å². The molecule has 0 amide bonds. The minimum atomic E-state index is -1.53. The number of hydrogen-bond donors (Lipinski definition) is 1. The van der Waals surface area contributed by atoms with E-state index >= 15 is 0 Å². The Balaban J connectivity index is 3.23. The van der Waals surface area contributed by atoms with Crippen molar-refractivity contribution in [2.24, 2.45) is 0 Å². The molecule has 0 unspecified atom stereocenters. The van der Waals surface area contributed by atoms with Gasteiger partial charge in [0.1, 0.15) is 21.8 Å². The van der Waals surface area contributed by atoms with Gasteiger partial charge >= 0.3 is 0 Å². The number of nitrogens with two attached hydrogens (primary N) is 1. The highest BCUT2D eigenvalue weighted by Crippen LogP contribution is 2.28. The third-order valence-corrected chi connectivity index (χ3v) is 1.89. The van der Waals surface area contributed by atoms with Crippen LogP contribution in [0.15, 0.2) is 10.8 Å². The fourth-order valence-corrected chi connectivity index (χ4v) is 1.43. The van der Waals surface area contributed by atoms with E-state index in [2.05, 4.69) is 25.9 Å². The van der Waals surface area contributed by atoms with Crippen LogP contribution in [-0.2, 0) is 5.67 Å². The van der Waals surface area contributed by atoms with Gasteiger partial charge < -0.3 is 5.73 Å². The highest BCUT2D eigenvalue weighted by Gasteiger charge is 2.24. The molecular weight excluding hydrogens is 225 g/mol. The molecule has 12 heavy (non-hydrogen) atoms. The lowest BCUT2D eigenvalue weighted by atomic mass is 10.1. The number of nitrogens with zero attached hydrogens (tertiary/aromatic N) is 2. The van der Waals surface area contributed by atoms with Crippen LogP contribution in [0.5, 0.6) is 0 Å². The number of nitrogen functional groups attached to an aromatic ring is 1. The summed E-state index contributed by atoms with van der Waals surface area (Å²) in [6, 6.07) is 0. The maximum Gasteiger partial charge on any atom is 0.150 e. The first-order valence-electron chi connectivity index (χ1n) is 3.38. The fraction of sp³-hybridized carbons (Fsp3) is 0.429. The molecule has 1 aromatic rings. The Hall–Kier alpha value is -0.710. The minimum Gasteiger partial charge on any atom is -0.382 e. The average Bonchev–Trinajstić information content (AvgIpc) is 1.92. The van der Waals surface area contributed by atoms with Crippen LogP contribution in [-0.4, -0.2) is 9.97 Å². The molecule has 1 rings (SSSR count). The van der Waals surface area contributed by atoms with E-state index in [0.29, 0.717) is 4.60 Å². The Morgan fingerprint density at radius 3 is 2.58 bits per heavy atom. The molecule has 0 saturated carbocycles. The Labute approximate surface area is 78.3 Å². The summed E-state index contributed by atoms with van der Waals surface area (Å²) >= 11 is 3.10. The molecule has 0 atom stereocenters. The molecule has 0 aliphatic carbocycles. The first kappa shape index (κ1) is 9.38. The second-order valence-corrected chi connectivity index (χ2v) is 3.66. The lowest BCUT2D eigenvalue weighted by Crippen LogP contribution is -2.14. The predicted octanol–water partition coefficient (Wildman–Crippen LogP) is 2.03. The summed E-state index contributed by atoms with van der Waals surface area (Å²) in [6.45, 7) is 2.81. The van der Waals surface area contributed by atoms with Crippen LogP contribution >= 0.6 is 15.9 Å². The Bertz CT molecular complexity index is 295. The number of hydrogen-bond acceptors (Lipinski definition) is 3. The lowest BCUT2D eigenvalue weighted by Gasteiger charge is -2.14. The van der Waals surface area contributed by atoms with Gasteiger partial charge in [0.15, 0.2) is 0 Å². The molecule has 2 N–H and O–H groups in total. The van der Waals surface area contributed by atoms with Crippen molar-refractivity contribution in [2.45, 2.75) is 19.5 Å². The van der Waals surface area contributed by atoms with Crippen molar-refractivity contribution < 1.29 is 4.39 Å². The monoisotopic (exact) mass is 233 g/mol. The number of anilines is 1. The topological polar surface area (TPSA) is 51.8 Å². The second-order valence-electron chi connectivity index (χ2n) is 2.91. The van der Waals surface area contributed by atoms with E-state index in [1.807, 2.05) is 0 Å². The van der Waals surface area contributed by atoms with Gasteiger partial charge in [-0.05, 0) is 29.8 Å². The standard InChI is InChI=1S/C7H9BrFN3/c1-7(2,9)5-6(8)11-3-4(10)12-5/h3H,1-2H3,(H2,10,12). The van der Waals surface area contributed by atoms with E-state index in [9.17, 15) is 4.39 Å². The van der Waals surface area contributed by atoms with Gasteiger partial charge in [0.05, 0.1) is 6.20 Å². The van der Waals surface area contributed by atoms with Crippen LogP contribution in [0.1, 0.15) is 19.5 Å². The summed E-state index contributed by atoms with van der Waals surface area (Å²) in [4.78, 5) is 7.67. The van der Waals surface area contributed by atoms with Crippen LogP contribution in [0.3, 0.4) is 0 Å². The molecular formula is C7H9BrFN3. The zero-order valence-electron chi connectivity index (χ0n) is 6.81. The SMILES string of the molecule is CC(C)(F)c1nc(N)cnc1Br. The highest BCUT2D eigenvalue weighted by atomic mass is 79.9. The van der Waals surface area contributed by atoms with Crippen molar-refractivity contribution in [1.82, 2.24) is 9.97 Å². The fourth-order valence-electron chi connectivity index (χ4n) is 0.766. The van der Waals surface area contributed by atoms with E-state index in [1.54, 1.807) is 0 Å². The second kappa shape index (κ2) is 2.97. The number of halogens is 2. The molecule has 0 spiro atoms. The predicted molar refractivity (Wildman–Crippen MR) is 48.3 cm³/mol. The van der Waals surface area contributed by atoms with Crippen molar-refractivity contribution in [2.75, 3.05) is 5.73 Å². The molecule has 1 aromatic heterocycles. The van der Waals surface area contributed by atoms with Gasteiger partial charge in [-0.2, -0.15) is 0 Å². The summed E-state index contributed by atoms with van der Waals surface area (Å²) in [5.41, 5.74) is 4.06. The van der Waals surface area contributed by atoms with Crippen molar-refractivity contribution in [3.8, 4) is 0 Å². The Kier molecular flexibility index (Phi) is 2.32. The molecule has 3 nitrogen and oxygen atoms in total. The molecule has 0 radical (unpaired) electrons. The van der Waals surface area contributed by atoms with E-state index < -0.39 is 5.67 Å². The normalized spacial score (nSPS) is 11.7. The summed E-state index contributed by atoms with van der Waals surface area (Å²) in [6.07, 6.45) is 1.37. The van der Waals surface area contributed by atoms with Crippen LogP contribution in [0.25, 0.3) is 0 Å². The third-order valence-electron chi connectivity index (χ3n) is 1.31. The molecule has 5 heteroatoms. The van der Waals surface area contributed by atoms with Crippen molar-refractivity contribution >= 4 is 21.7 Å². The maximum atomic E-state index is 13.4. The molecule has 0 aromatic carbocycles. The van der Waals surface area contributed by atoms with Crippen molar-refractivity contribution in [3.05, 3.63) is 16.5 Å². The summed E-state index contributed by atoms with van der Waals surface area (Å²) in [5.74, 6) is 0.221. The first-order chi connectivity index (χ1) is 5.41. The molecule has 0 saturated heterocycles. The van der Waals surface area contributed by atoms with Gasteiger partial charge in [0, 0.05) is 0 Å². The highest BCUT2D eigenvalue weighted by molar-refractivity contribution is 9.10. The van der Waals surface area contributed by atoms with Crippen LogP contribution in [0.2, 0.25) is 0 Å². The van der Waals surface area contributed by atoms with Crippen LogP contribution < -0.4 is 5.73 Å². The molecule has 0 bridgehead atoms. The van der Waals surface area contributed by atoms with E-state index in [1.165, 1.54) is 20.0 Å². The Morgan fingerprint density at radius 2 is 2.17 bits per heavy atom. The first-order valence-corrected chi connectivity index (χ1v) is 4.18. The van der Waals surface area contributed by atoms with Gasteiger partial charge in [-0.15, -0.1) is 0 Å². The van der Waals surface area contributed by atoms with Crippen molar-refractivity contribution in [1.29, 1.82) is 0 Å². The number of rotatable bonds is 1. The zero-order chi connectivity index (χ0) is 9.35. The average molecular weight is 234 g/mol. The summed E-state index contributed by atoms with van der Waals surface area (Å²) in [7, 11) is 0. The van der Waals surface area contributed by atoms with Crippen LogP contribution in [0.4, 0.5) is 10.2 Å². The van der Waals surface area contributed by atoms with Gasteiger partial charge in [0.25, 0.3) is 0 Å². The summed E-state index contributed by atoms with van der Waals surface area (Å²) in [5, 5.41) is 0. The largest absolute Gasteiger partial charge is 0.382 e. The zero-order valence-corrected chi connectivity index (χ0v) is 8.39. The Morgan fingerprint density at radius 1 is 1.58 bits per heavy atom. The van der Waals surface area contributed by atoms with Gasteiger partial charge in [0.2, 0.25) is 0 Å². The molecule has 1 heterocycles. The third kappa shape index (κ3) is 1.91. The molecule has 66 valence electrons. The molecule has 0 fully saturated rings. The summed E-state index contributed by atoms with van der Waals surface area (Å²) < 4.78 is 13.8. The van der Waals surface area contributed by atoms with Crippen LogP contribution in [0, 0.1) is 0 Å². The van der Waals surface area contributed by atoms with Gasteiger partial charge in [-0.25, -0.2) is 14.4 Å². The van der Waals surface area contributed by atoms with E-state index in [-0.39, 0.29) is 11.5 Å².